The third kappa shape index (κ3) is 3.46. The van der Waals surface area contributed by atoms with Crippen LogP contribution in [0.4, 0.5) is 0 Å². The molecule has 0 fully saturated rings. The highest BCUT2D eigenvalue weighted by Crippen LogP contribution is 2.27. The molecule has 1 aromatic rings. The Morgan fingerprint density at radius 3 is 2.08 bits per heavy atom. The second-order valence-corrected chi connectivity index (χ2v) is 3.98. The minimum atomic E-state index is 0.602. The summed E-state index contributed by atoms with van der Waals surface area (Å²) in [6.07, 6.45) is 0. The number of halogens is 1. The molecule has 0 bridgehead atoms. The van der Waals surface area contributed by atoms with E-state index >= 15 is 0 Å². The summed E-state index contributed by atoms with van der Waals surface area (Å²) in [4.78, 5) is 0. The molecule has 0 unspecified atom stereocenters. The Kier molecular flexibility index (Phi) is 5.95. The summed E-state index contributed by atoms with van der Waals surface area (Å²) in [6, 6.07) is 6.33. The summed E-state index contributed by atoms with van der Waals surface area (Å²) in [5.41, 5.74) is 2.79. The molecule has 0 aliphatic rings. The SMILES string of the molecule is Cc1cccc(Br)c1C(C)C.OO. The largest absolute Gasteiger partial charge is 0.255 e. The van der Waals surface area contributed by atoms with Gasteiger partial charge in [-0.25, -0.2) is 0 Å². The van der Waals surface area contributed by atoms with Crippen molar-refractivity contribution in [2.45, 2.75) is 26.7 Å². The first kappa shape index (κ1) is 12.6. The molecule has 0 atom stereocenters. The van der Waals surface area contributed by atoms with Crippen LogP contribution >= 0.6 is 15.9 Å². The minimum Gasteiger partial charge on any atom is -0.255 e. The Morgan fingerprint density at radius 1 is 1.23 bits per heavy atom. The van der Waals surface area contributed by atoms with Gasteiger partial charge in [0.05, 0.1) is 0 Å². The predicted octanol–water partition coefficient (Wildman–Crippen LogP) is 3.90. The number of aryl methyl sites for hydroxylation is 1. The van der Waals surface area contributed by atoms with Crippen molar-refractivity contribution in [2.24, 2.45) is 0 Å². The molecule has 74 valence electrons. The average molecular weight is 247 g/mol. The summed E-state index contributed by atoms with van der Waals surface area (Å²) in [5.74, 6) is 0.602. The van der Waals surface area contributed by atoms with Crippen LogP contribution in [0, 0.1) is 6.92 Å². The minimum absolute atomic E-state index is 0.602. The van der Waals surface area contributed by atoms with Gasteiger partial charge in [-0.05, 0) is 30.0 Å². The first-order valence-electron chi connectivity index (χ1n) is 4.08. The van der Waals surface area contributed by atoms with Gasteiger partial charge in [-0.1, -0.05) is 41.9 Å². The van der Waals surface area contributed by atoms with Crippen LogP contribution in [0.2, 0.25) is 0 Å². The lowest BCUT2D eigenvalue weighted by Crippen LogP contribution is -1.92. The van der Waals surface area contributed by atoms with Gasteiger partial charge in [0.25, 0.3) is 0 Å². The van der Waals surface area contributed by atoms with Gasteiger partial charge in [-0.3, -0.25) is 10.5 Å². The van der Waals surface area contributed by atoms with Crippen LogP contribution < -0.4 is 0 Å². The summed E-state index contributed by atoms with van der Waals surface area (Å²) in [6.45, 7) is 6.58. The van der Waals surface area contributed by atoms with E-state index in [0.29, 0.717) is 5.92 Å². The van der Waals surface area contributed by atoms with Crippen LogP contribution in [-0.4, -0.2) is 10.5 Å². The zero-order chi connectivity index (χ0) is 10.4. The highest BCUT2D eigenvalue weighted by molar-refractivity contribution is 9.10. The predicted molar refractivity (Wildman–Crippen MR) is 58.2 cm³/mol. The Morgan fingerprint density at radius 2 is 1.77 bits per heavy atom. The van der Waals surface area contributed by atoms with Gasteiger partial charge in [0, 0.05) is 4.47 Å². The van der Waals surface area contributed by atoms with Crippen LogP contribution in [0.5, 0.6) is 0 Å². The Bertz CT molecular complexity index is 239. The molecule has 0 saturated carbocycles. The number of benzene rings is 1. The molecule has 0 spiro atoms. The Labute approximate surface area is 87.3 Å². The zero-order valence-electron chi connectivity index (χ0n) is 8.08. The Hall–Kier alpha value is -0.380. The van der Waals surface area contributed by atoms with E-state index < -0.39 is 0 Å². The molecule has 1 rings (SSSR count). The first-order valence-corrected chi connectivity index (χ1v) is 4.87. The standard InChI is InChI=1S/C10H13Br.H2O2/c1-7(2)10-8(3)5-4-6-9(10)11;1-2/h4-7H,1-3H3;1-2H. The molecule has 3 heteroatoms. The van der Waals surface area contributed by atoms with E-state index in [1.54, 1.807) is 0 Å². The van der Waals surface area contributed by atoms with Crippen molar-refractivity contribution in [1.29, 1.82) is 0 Å². The maximum Gasteiger partial charge on any atom is 0.0212 e. The molecule has 2 N–H and O–H groups in total. The van der Waals surface area contributed by atoms with Crippen molar-refractivity contribution in [3.63, 3.8) is 0 Å². The molecular formula is C10H15BrO2. The summed E-state index contributed by atoms with van der Waals surface area (Å²) in [5, 5.41) is 12.0. The average Bonchev–Trinajstić information content (AvgIpc) is 2.07. The van der Waals surface area contributed by atoms with Crippen molar-refractivity contribution in [3.8, 4) is 0 Å². The van der Waals surface area contributed by atoms with Crippen LogP contribution in [0.3, 0.4) is 0 Å². The molecule has 0 radical (unpaired) electrons. The third-order valence-corrected chi connectivity index (χ3v) is 2.54. The number of hydrogen-bond donors (Lipinski definition) is 2. The van der Waals surface area contributed by atoms with E-state index in [1.807, 2.05) is 0 Å². The van der Waals surface area contributed by atoms with E-state index in [2.05, 4.69) is 54.9 Å². The zero-order valence-corrected chi connectivity index (χ0v) is 9.67. The van der Waals surface area contributed by atoms with Crippen LogP contribution in [0.1, 0.15) is 30.9 Å². The molecule has 1 aromatic carbocycles. The molecule has 0 amide bonds. The summed E-state index contributed by atoms with van der Waals surface area (Å²) < 4.78 is 1.23. The smallest absolute Gasteiger partial charge is 0.0212 e. The van der Waals surface area contributed by atoms with Crippen molar-refractivity contribution in [3.05, 3.63) is 33.8 Å². The molecule has 0 aliphatic heterocycles. The monoisotopic (exact) mass is 246 g/mol. The fourth-order valence-electron chi connectivity index (χ4n) is 1.38. The van der Waals surface area contributed by atoms with Crippen molar-refractivity contribution >= 4 is 15.9 Å². The van der Waals surface area contributed by atoms with Gasteiger partial charge < -0.3 is 0 Å². The highest BCUT2D eigenvalue weighted by Gasteiger charge is 2.05. The van der Waals surface area contributed by atoms with E-state index in [1.165, 1.54) is 15.6 Å². The molecule has 13 heavy (non-hydrogen) atoms. The molecule has 0 aliphatic carbocycles. The van der Waals surface area contributed by atoms with Gasteiger partial charge in [0.15, 0.2) is 0 Å². The first-order chi connectivity index (χ1) is 6.13. The maximum atomic E-state index is 6.00. The third-order valence-electron chi connectivity index (χ3n) is 1.85. The Balaban J connectivity index is 0.000000671. The summed E-state index contributed by atoms with van der Waals surface area (Å²) >= 11 is 3.55. The lowest BCUT2D eigenvalue weighted by molar-refractivity contribution is -0.176. The summed E-state index contributed by atoms with van der Waals surface area (Å²) in [7, 11) is 0. The van der Waals surface area contributed by atoms with Gasteiger partial charge in [-0.2, -0.15) is 0 Å². The highest BCUT2D eigenvalue weighted by atomic mass is 79.9. The van der Waals surface area contributed by atoms with E-state index in [0.717, 1.165) is 0 Å². The molecule has 0 heterocycles. The van der Waals surface area contributed by atoms with E-state index in [-0.39, 0.29) is 0 Å². The molecule has 0 aromatic heterocycles. The van der Waals surface area contributed by atoms with Crippen LogP contribution in [0.25, 0.3) is 0 Å². The van der Waals surface area contributed by atoms with Crippen LogP contribution in [-0.2, 0) is 0 Å². The van der Waals surface area contributed by atoms with Gasteiger partial charge in [0.2, 0.25) is 0 Å². The second kappa shape index (κ2) is 6.13. The van der Waals surface area contributed by atoms with Crippen molar-refractivity contribution in [1.82, 2.24) is 0 Å². The fourth-order valence-corrected chi connectivity index (χ4v) is 2.30. The molecule has 0 saturated heterocycles. The fraction of sp³-hybridized carbons (Fsp3) is 0.400. The lowest BCUT2D eigenvalue weighted by Gasteiger charge is -2.11. The number of hydrogen-bond acceptors (Lipinski definition) is 2. The lowest BCUT2D eigenvalue weighted by atomic mass is 9.98. The van der Waals surface area contributed by atoms with Crippen LogP contribution in [0.15, 0.2) is 22.7 Å². The molecular weight excluding hydrogens is 232 g/mol. The van der Waals surface area contributed by atoms with Gasteiger partial charge in [-0.15, -0.1) is 0 Å². The maximum absolute atomic E-state index is 6.00. The van der Waals surface area contributed by atoms with E-state index in [4.69, 9.17) is 10.5 Å². The normalized spacial score (nSPS) is 9.46. The topological polar surface area (TPSA) is 40.5 Å². The van der Waals surface area contributed by atoms with Crippen molar-refractivity contribution < 1.29 is 10.5 Å². The van der Waals surface area contributed by atoms with E-state index in [9.17, 15) is 0 Å². The van der Waals surface area contributed by atoms with Gasteiger partial charge >= 0.3 is 0 Å². The second-order valence-electron chi connectivity index (χ2n) is 3.13. The number of rotatable bonds is 1. The van der Waals surface area contributed by atoms with Gasteiger partial charge in [0.1, 0.15) is 0 Å². The molecule has 2 nitrogen and oxygen atoms in total. The van der Waals surface area contributed by atoms with Crippen molar-refractivity contribution in [2.75, 3.05) is 0 Å². The quantitative estimate of drug-likeness (QED) is 0.583.